The van der Waals surface area contributed by atoms with Crippen LogP contribution in [-0.4, -0.2) is 32.4 Å². The van der Waals surface area contributed by atoms with Gasteiger partial charge in [0.25, 0.3) is 0 Å². The predicted octanol–water partition coefficient (Wildman–Crippen LogP) is 3.63. The zero-order valence-corrected chi connectivity index (χ0v) is 17.4. The second-order valence-electron chi connectivity index (χ2n) is 6.58. The first-order valence-electron chi connectivity index (χ1n) is 9.37. The lowest BCUT2D eigenvalue weighted by Gasteiger charge is -2.23. The lowest BCUT2D eigenvalue weighted by atomic mass is 10.2. The van der Waals surface area contributed by atoms with Crippen LogP contribution in [0.4, 0.5) is 0 Å². The monoisotopic (exact) mass is 425 g/mol. The van der Waals surface area contributed by atoms with Gasteiger partial charge in [0.15, 0.2) is 6.61 Å². The fraction of sp³-hybridized carbons (Fsp3) is 0.174. The normalized spacial score (nSPS) is 11.3. The molecule has 3 aromatic carbocycles. The number of carbonyl (C=O) groups is 1. The minimum Gasteiger partial charge on any atom is -0.482 e. The Labute approximate surface area is 176 Å². The fourth-order valence-electron chi connectivity index (χ4n) is 2.86. The lowest BCUT2D eigenvalue weighted by molar-refractivity contribution is -0.142. The zero-order chi connectivity index (χ0) is 21.4. The minimum absolute atomic E-state index is 0.153. The average molecular weight is 426 g/mol. The van der Waals surface area contributed by atoms with E-state index in [0.29, 0.717) is 5.75 Å². The third kappa shape index (κ3) is 5.68. The summed E-state index contributed by atoms with van der Waals surface area (Å²) in [7, 11) is -2.49. The van der Waals surface area contributed by atoms with E-state index < -0.39 is 16.0 Å². The fourth-order valence-corrected chi connectivity index (χ4v) is 4.27. The molecule has 0 radical (unpaired) electrons. The van der Waals surface area contributed by atoms with Gasteiger partial charge < -0.3 is 9.47 Å². The molecule has 0 saturated heterocycles. The smallest absolute Gasteiger partial charge is 0.343 e. The molecule has 3 aromatic rings. The highest BCUT2D eigenvalue weighted by molar-refractivity contribution is 7.89. The minimum atomic E-state index is -3.76. The van der Waals surface area contributed by atoms with Crippen molar-refractivity contribution in [2.75, 3.05) is 13.7 Å². The Morgan fingerprint density at radius 3 is 1.77 bits per heavy atom. The van der Waals surface area contributed by atoms with Gasteiger partial charge in [-0.1, -0.05) is 60.7 Å². The molecule has 0 saturated carbocycles. The van der Waals surface area contributed by atoms with Crippen molar-refractivity contribution in [3.05, 3.63) is 96.1 Å². The molecule has 0 spiro atoms. The van der Waals surface area contributed by atoms with Gasteiger partial charge in [-0.15, -0.1) is 0 Å². The van der Waals surface area contributed by atoms with E-state index in [9.17, 15) is 13.2 Å². The summed E-state index contributed by atoms with van der Waals surface area (Å²) in [6.07, 6.45) is 0. The zero-order valence-electron chi connectivity index (χ0n) is 16.6. The molecule has 0 aromatic heterocycles. The second kappa shape index (κ2) is 10.0. The van der Waals surface area contributed by atoms with E-state index in [2.05, 4.69) is 4.74 Å². The third-order valence-electron chi connectivity index (χ3n) is 4.45. The molecule has 30 heavy (non-hydrogen) atoms. The maximum absolute atomic E-state index is 13.4. The molecule has 0 fully saturated rings. The highest BCUT2D eigenvalue weighted by atomic mass is 32.2. The number of methoxy groups -OCH3 is 1. The number of benzene rings is 3. The molecule has 0 atom stereocenters. The summed E-state index contributed by atoms with van der Waals surface area (Å²) in [6, 6.07) is 24.9. The number of carbonyl (C=O) groups excluding carboxylic acids is 1. The maximum atomic E-state index is 13.4. The summed E-state index contributed by atoms with van der Waals surface area (Å²) in [5.74, 6) is -0.124. The molecule has 0 aliphatic rings. The average Bonchev–Trinajstić information content (AvgIpc) is 2.78. The summed E-state index contributed by atoms with van der Waals surface area (Å²) < 4.78 is 38.0. The summed E-state index contributed by atoms with van der Waals surface area (Å²) in [5, 5.41) is 0. The summed E-state index contributed by atoms with van der Waals surface area (Å²) in [5.41, 5.74) is 1.80. The second-order valence-corrected chi connectivity index (χ2v) is 8.52. The number of nitrogens with zero attached hydrogens (tertiary/aromatic N) is 1. The number of sulfonamides is 1. The highest BCUT2D eigenvalue weighted by Gasteiger charge is 2.25. The van der Waals surface area contributed by atoms with Crippen LogP contribution in [0.15, 0.2) is 89.8 Å². The molecule has 7 heteroatoms. The van der Waals surface area contributed by atoms with E-state index in [-0.39, 0.29) is 24.6 Å². The molecule has 3 rings (SSSR count). The molecule has 0 aliphatic heterocycles. The van der Waals surface area contributed by atoms with Crippen molar-refractivity contribution in [2.24, 2.45) is 0 Å². The molecular formula is C23H23NO5S. The topological polar surface area (TPSA) is 72.9 Å². The number of rotatable bonds is 9. The van der Waals surface area contributed by atoms with Gasteiger partial charge in [0.1, 0.15) is 5.75 Å². The van der Waals surface area contributed by atoms with Crippen molar-refractivity contribution in [2.45, 2.75) is 18.0 Å². The molecule has 0 bridgehead atoms. The van der Waals surface area contributed by atoms with Crippen molar-refractivity contribution < 1.29 is 22.7 Å². The van der Waals surface area contributed by atoms with Crippen LogP contribution in [0.5, 0.6) is 5.75 Å². The molecule has 6 nitrogen and oxygen atoms in total. The number of ether oxygens (including phenoxy) is 2. The Balaban J connectivity index is 1.84. The molecule has 0 unspecified atom stereocenters. The van der Waals surface area contributed by atoms with E-state index in [1.807, 2.05) is 60.7 Å². The Kier molecular flexibility index (Phi) is 7.21. The lowest BCUT2D eigenvalue weighted by Crippen LogP contribution is -2.30. The van der Waals surface area contributed by atoms with E-state index in [0.717, 1.165) is 11.1 Å². The number of hydrogen-bond acceptors (Lipinski definition) is 5. The number of esters is 1. The van der Waals surface area contributed by atoms with Crippen LogP contribution < -0.4 is 4.74 Å². The summed E-state index contributed by atoms with van der Waals surface area (Å²) in [4.78, 5) is 11.4. The van der Waals surface area contributed by atoms with E-state index in [4.69, 9.17) is 4.74 Å². The molecular weight excluding hydrogens is 402 g/mol. The van der Waals surface area contributed by atoms with Crippen LogP contribution in [0, 0.1) is 0 Å². The Morgan fingerprint density at radius 2 is 1.30 bits per heavy atom. The van der Waals surface area contributed by atoms with E-state index in [1.54, 1.807) is 0 Å². The van der Waals surface area contributed by atoms with Crippen LogP contribution in [-0.2, 0) is 32.6 Å². The van der Waals surface area contributed by atoms with Crippen molar-refractivity contribution >= 4 is 16.0 Å². The van der Waals surface area contributed by atoms with Gasteiger partial charge in [-0.2, -0.15) is 4.31 Å². The van der Waals surface area contributed by atoms with Gasteiger partial charge in [-0.05, 0) is 35.4 Å². The Morgan fingerprint density at radius 1 is 0.800 bits per heavy atom. The van der Waals surface area contributed by atoms with Crippen molar-refractivity contribution in [3.8, 4) is 5.75 Å². The van der Waals surface area contributed by atoms with Gasteiger partial charge in [0.05, 0.1) is 12.0 Å². The van der Waals surface area contributed by atoms with Gasteiger partial charge >= 0.3 is 5.97 Å². The van der Waals surface area contributed by atoms with Crippen LogP contribution in [0.3, 0.4) is 0 Å². The van der Waals surface area contributed by atoms with Gasteiger partial charge in [-0.25, -0.2) is 13.2 Å². The first-order chi connectivity index (χ1) is 14.5. The quantitative estimate of drug-likeness (QED) is 0.490. The van der Waals surface area contributed by atoms with Crippen molar-refractivity contribution in [3.63, 3.8) is 0 Å². The number of hydrogen-bond donors (Lipinski definition) is 0. The molecule has 0 aliphatic carbocycles. The van der Waals surface area contributed by atoms with Crippen molar-refractivity contribution in [1.82, 2.24) is 4.31 Å². The summed E-state index contributed by atoms with van der Waals surface area (Å²) in [6.45, 7) is 0.258. The van der Waals surface area contributed by atoms with Crippen LogP contribution in [0.2, 0.25) is 0 Å². The predicted molar refractivity (Wildman–Crippen MR) is 113 cm³/mol. The first kappa shape index (κ1) is 21.5. The SMILES string of the molecule is COC(=O)COc1ccc(S(=O)(=O)N(Cc2ccccc2)Cc2ccccc2)cc1. The Bertz CT molecular complexity index is 1010. The Hall–Kier alpha value is -3.16. The third-order valence-corrected chi connectivity index (χ3v) is 6.26. The van der Waals surface area contributed by atoms with E-state index >= 15 is 0 Å². The van der Waals surface area contributed by atoms with Crippen LogP contribution in [0.1, 0.15) is 11.1 Å². The maximum Gasteiger partial charge on any atom is 0.343 e. The molecule has 0 amide bonds. The van der Waals surface area contributed by atoms with Crippen LogP contribution >= 0.6 is 0 Å². The van der Waals surface area contributed by atoms with Crippen LogP contribution in [0.25, 0.3) is 0 Å². The largest absolute Gasteiger partial charge is 0.482 e. The van der Waals surface area contributed by atoms with Crippen molar-refractivity contribution in [1.29, 1.82) is 0 Å². The van der Waals surface area contributed by atoms with Gasteiger partial charge in [0.2, 0.25) is 10.0 Å². The van der Waals surface area contributed by atoms with E-state index in [1.165, 1.54) is 35.7 Å². The summed E-state index contributed by atoms with van der Waals surface area (Å²) >= 11 is 0. The molecule has 0 heterocycles. The standard InChI is InChI=1S/C23H23NO5S/c1-28-23(25)18-29-21-12-14-22(15-13-21)30(26,27)24(16-19-8-4-2-5-9-19)17-20-10-6-3-7-11-20/h2-15H,16-18H2,1H3. The molecule has 0 N–H and O–H groups in total. The molecule has 156 valence electrons. The van der Waals surface area contributed by atoms with Gasteiger partial charge in [-0.3, -0.25) is 0 Å². The first-order valence-corrected chi connectivity index (χ1v) is 10.8. The highest BCUT2D eigenvalue weighted by Crippen LogP contribution is 2.23. The van der Waals surface area contributed by atoms with Gasteiger partial charge in [0, 0.05) is 13.1 Å².